The van der Waals surface area contributed by atoms with Crippen LogP contribution in [0, 0.1) is 0 Å². The van der Waals surface area contributed by atoms with E-state index in [1.165, 1.54) is 4.31 Å². The Balaban J connectivity index is 3.01. The van der Waals surface area contributed by atoms with Crippen LogP contribution in [0.2, 0.25) is 0 Å². The maximum absolute atomic E-state index is 12.4. The van der Waals surface area contributed by atoms with E-state index in [1.54, 1.807) is 26.8 Å². The van der Waals surface area contributed by atoms with E-state index in [0.29, 0.717) is 13.1 Å². The lowest BCUT2D eigenvalue weighted by atomic mass is 10.2. The van der Waals surface area contributed by atoms with E-state index in [2.05, 4.69) is 6.58 Å². The number of hydrogen-bond acceptors (Lipinski definition) is 2. The molecule has 0 aliphatic rings. The van der Waals surface area contributed by atoms with Crippen molar-refractivity contribution in [1.29, 1.82) is 0 Å². The van der Waals surface area contributed by atoms with Crippen LogP contribution in [0.15, 0.2) is 43.0 Å². The molecule has 0 fully saturated rings. The topological polar surface area (TPSA) is 37.4 Å². The summed E-state index contributed by atoms with van der Waals surface area (Å²) in [5.41, 5.74) is 0.979. The molecular formula is C14H21NO2S. The van der Waals surface area contributed by atoms with Gasteiger partial charge in [0, 0.05) is 13.1 Å². The summed E-state index contributed by atoms with van der Waals surface area (Å²) in [4.78, 5) is 0. The van der Waals surface area contributed by atoms with Crippen molar-refractivity contribution in [2.45, 2.75) is 32.1 Å². The van der Waals surface area contributed by atoms with Crippen molar-refractivity contribution < 1.29 is 8.42 Å². The molecule has 0 heterocycles. The predicted molar refractivity (Wildman–Crippen MR) is 75.7 cm³/mol. The normalized spacial score (nSPS) is 12.7. The summed E-state index contributed by atoms with van der Waals surface area (Å²) in [5.74, 6) is 0. The van der Waals surface area contributed by atoms with Crippen LogP contribution in [-0.2, 0) is 16.6 Å². The zero-order chi connectivity index (χ0) is 13.8. The van der Waals surface area contributed by atoms with Crippen molar-refractivity contribution in [1.82, 2.24) is 4.31 Å². The number of rotatable bonds is 5. The summed E-state index contributed by atoms with van der Waals surface area (Å²) in [6.07, 6.45) is 1.62. The highest BCUT2D eigenvalue weighted by Gasteiger charge is 2.34. The van der Waals surface area contributed by atoms with Gasteiger partial charge in [-0.3, -0.25) is 0 Å². The first kappa shape index (κ1) is 14.9. The number of nitrogens with zero attached hydrogens (tertiary/aromatic N) is 1. The molecule has 0 atom stereocenters. The molecule has 1 aromatic rings. The molecule has 0 saturated carbocycles. The lowest BCUT2D eigenvalue weighted by molar-refractivity contribution is 0.417. The summed E-state index contributed by atoms with van der Waals surface area (Å²) >= 11 is 0. The minimum absolute atomic E-state index is 0.328. The molecular weight excluding hydrogens is 246 g/mol. The smallest absolute Gasteiger partial charge is 0.212 e. The fourth-order valence-corrected chi connectivity index (χ4v) is 2.96. The van der Waals surface area contributed by atoms with Gasteiger partial charge in [-0.25, -0.2) is 8.42 Å². The van der Waals surface area contributed by atoms with Crippen LogP contribution in [0.5, 0.6) is 0 Å². The highest BCUT2D eigenvalue weighted by atomic mass is 32.2. The number of hydrogen-bond donors (Lipinski definition) is 0. The van der Waals surface area contributed by atoms with Crippen molar-refractivity contribution in [3.05, 3.63) is 48.6 Å². The Labute approximate surface area is 110 Å². The van der Waals surface area contributed by atoms with E-state index in [1.807, 2.05) is 30.3 Å². The van der Waals surface area contributed by atoms with E-state index >= 15 is 0 Å². The molecule has 0 bridgehead atoms. The summed E-state index contributed by atoms with van der Waals surface area (Å²) in [5, 5.41) is 0. The minimum Gasteiger partial charge on any atom is -0.212 e. The molecule has 0 aromatic heterocycles. The van der Waals surface area contributed by atoms with Crippen LogP contribution in [0.3, 0.4) is 0 Å². The van der Waals surface area contributed by atoms with Gasteiger partial charge in [-0.05, 0) is 26.3 Å². The maximum Gasteiger partial charge on any atom is 0.219 e. The summed E-state index contributed by atoms with van der Waals surface area (Å²) in [7, 11) is -3.34. The minimum atomic E-state index is -3.34. The zero-order valence-electron chi connectivity index (χ0n) is 11.3. The fraction of sp³-hybridized carbons (Fsp3) is 0.429. The molecule has 0 amide bonds. The molecule has 4 heteroatoms. The van der Waals surface area contributed by atoms with Crippen LogP contribution in [0.1, 0.15) is 26.3 Å². The maximum atomic E-state index is 12.4. The summed E-state index contributed by atoms with van der Waals surface area (Å²) < 4.78 is 25.5. The highest BCUT2D eigenvalue weighted by molar-refractivity contribution is 7.90. The van der Waals surface area contributed by atoms with Crippen molar-refractivity contribution in [3.8, 4) is 0 Å². The van der Waals surface area contributed by atoms with Crippen LogP contribution in [-0.4, -0.2) is 24.0 Å². The molecule has 1 aromatic carbocycles. The molecule has 18 heavy (non-hydrogen) atoms. The summed E-state index contributed by atoms with van der Waals surface area (Å²) in [6, 6.07) is 9.58. The lowest BCUT2D eigenvalue weighted by Gasteiger charge is -2.29. The van der Waals surface area contributed by atoms with Crippen molar-refractivity contribution in [2.75, 3.05) is 6.54 Å². The van der Waals surface area contributed by atoms with E-state index in [9.17, 15) is 8.42 Å². The molecule has 3 nitrogen and oxygen atoms in total. The van der Waals surface area contributed by atoms with Crippen LogP contribution >= 0.6 is 0 Å². The van der Waals surface area contributed by atoms with Gasteiger partial charge < -0.3 is 0 Å². The Morgan fingerprint density at radius 1 is 1.22 bits per heavy atom. The molecule has 0 aliphatic carbocycles. The van der Waals surface area contributed by atoms with E-state index < -0.39 is 14.8 Å². The Bertz CT molecular complexity index is 486. The third-order valence-electron chi connectivity index (χ3n) is 2.65. The molecule has 100 valence electrons. The Morgan fingerprint density at radius 3 is 2.22 bits per heavy atom. The van der Waals surface area contributed by atoms with E-state index in [4.69, 9.17) is 0 Å². The van der Waals surface area contributed by atoms with Gasteiger partial charge in [-0.2, -0.15) is 4.31 Å². The van der Waals surface area contributed by atoms with E-state index in [0.717, 1.165) is 5.56 Å². The first-order valence-electron chi connectivity index (χ1n) is 5.93. The SMILES string of the molecule is C=CCN(Cc1ccccc1)S(=O)(=O)C(C)(C)C. The quantitative estimate of drug-likeness (QED) is 0.769. The summed E-state index contributed by atoms with van der Waals surface area (Å²) in [6.45, 7) is 9.48. The largest absolute Gasteiger partial charge is 0.219 e. The highest BCUT2D eigenvalue weighted by Crippen LogP contribution is 2.22. The van der Waals surface area contributed by atoms with Gasteiger partial charge in [0.2, 0.25) is 10.0 Å². The predicted octanol–water partition coefficient (Wildman–Crippen LogP) is 2.80. The first-order chi connectivity index (χ1) is 8.29. The Hall–Kier alpha value is -1.13. The van der Waals surface area contributed by atoms with Crippen molar-refractivity contribution in [3.63, 3.8) is 0 Å². The molecule has 0 unspecified atom stereocenters. The van der Waals surface area contributed by atoms with E-state index in [-0.39, 0.29) is 0 Å². The Kier molecular flexibility index (Phi) is 4.71. The van der Waals surface area contributed by atoms with Gasteiger partial charge in [-0.1, -0.05) is 36.4 Å². The van der Waals surface area contributed by atoms with Crippen LogP contribution in [0.25, 0.3) is 0 Å². The first-order valence-corrected chi connectivity index (χ1v) is 7.37. The van der Waals surface area contributed by atoms with Crippen molar-refractivity contribution in [2.24, 2.45) is 0 Å². The van der Waals surface area contributed by atoms with Gasteiger partial charge in [0.1, 0.15) is 0 Å². The van der Waals surface area contributed by atoms with Gasteiger partial charge in [-0.15, -0.1) is 6.58 Å². The second kappa shape index (κ2) is 5.67. The second-order valence-corrected chi connectivity index (χ2v) is 7.88. The third-order valence-corrected chi connectivity index (χ3v) is 5.15. The molecule has 0 N–H and O–H groups in total. The van der Waals surface area contributed by atoms with Crippen LogP contribution < -0.4 is 0 Å². The van der Waals surface area contributed by atoms with Crippen LogP contribution in [0.4, 0.5) is 0 Å². The molecule has 0 radical (unpaired) electrons. The Morgan fingerprint density at radius 2 is 1.78 bits per heavy atom. The molecule has 0 spiro atoms. The number of benzene rings is 1. The lowest BCUT2D eigenvalue weighted by Crippen LogP contribution is -2.42. The monoisotopic (exact) mass is 267 g/mol. The zero-order valence-corrected chi connectivity index (χ0v) is 12.1. The fourth-order valence-electron chi connectivity index (χ4n) is 1.57. The molecule has 1 rings (SSSR count). The van der Waals surface area contributed by atoms with Gasteiger partial charge in [0.15, 0.2) is 0 Å². The van der Waals surface area contributed by atoms with Gasteiger partial charge in [0.05, 0.1) is 4.75 Å². The average molecular weight is 267 g/mol. The molecule has 0 aliphatic heterocycles. The molecule has 0 saturated heterocycles. The second-order valence-electron chi connectivity index (χ2n) is 5.18. The standard InChI is InChI=1S/C14H21NO2S/c1-5-11-15(18(16,17)14(2,3)4)12-13-9-7-6-8-10-13/h5-10H,1,11-12H2,2-4H3. The average Bonchev–Trinajstić information content (AvgIpc) is 2.28. The van der Waals surface area contributed by atoms with Gasteiger partial charge in [0.25, 0.3) is 0 Å². The van der Waals surface area contributed by atoms with Crippen molar-refractivity contribution >= 4 is 10.0 Å². The van der Waals surface area contributed by atoms with Gasteiger partial charge >= 0.3 is 0 Å². The number of sulfonamides is 1. The third kappa shape index (κ3) is 3.43.